The Balaban J connectivity index is 3.27. The summed E-state index contributed by atoms with van der Waals surface area (Å²) in [6, 6.07) is 2.03. The molecule has 1 aromatic heterocycles. The van der Waals surface area contributed by atoms with Crippen molar-refractivity contribution in [1.29, 1.82) is 5.26 Å². The molecule has 0 amide bonds. The molecule has 0 radical (unpaired) electrons. The van der Waals surface area contributed by atoms with Gasteiger partial charge in [-0.15, -0.1) is 0 Å². The van der Waals surface area contributed by atoms with Gasteiger partial charge in [0.15, 0.2) is 0 Å². The number of hydrogen-bond acceptors (Lipinski definition) is 3. The fourth-order valence-electron chi connectivity index (χ4n) is 1.10. The molecule has 4 nitrogen and oxygen atoms in total. The zero-order valence-electron chi connectivity index (χ0n) is 7.74. The van der Waals surface area contributed by atoms with Gasteiger partial charge in [-0.1, -0.05) is 13.3 Å². The monoisotopic (exact) mass is 177 g/mol. The Bertz CT molecular complexity index is 400. The van der Waals surface area contributed by atoms with Crippen molar-refractivity contribution >= 4 is 0 Å². The first-order valence-electron chi connectivity index (χ1n) is 4.15. The Morgan fingerprint density at radius 2 is 2.38 bits per heavy atom. The lowest BCUT2D eigenvalue weighted by atomic mass is 10.1. The van der Waals surface area contributed by atoms with Gasteiger partial charge in [0.1, 0.15) is 6.07 Å². The molecule has 0 aromatic carbocycles. The zero-order valence-corrected chi connectivity index (χ0v) is 7.74. The SMILES string of the molecule is CCCc1nc(=O)n(C)cc1C#N. The standard InChI is InChI=1S/C9H11N3O/c1-3-4-8-7(5-10)6-12(2)9(13)11-8/h6H,3-4H2,1-2H3. The predicted octanol–water partition coefficient (Wildman–Crippen LogP) is 0.604. The van der Waals surface area contributed by atoms with Gasteiger partial charge in [0.2, 0.25) is 0 Å². The van der Waals surface area contributed by atoms with Crippen molar-refractivity contribution in [2.45, 2.75) is 19.8 Å². The third-order valence-electron chi connectivity index (χ3n) is 1.77. The Kier molecular flexibility index (Phi) is 2.80. The molecular weight excluding hydrogens is 166 g/mol. The van der Waals surface area contributed by atoms with Crippen molar-refractivity contribution in [3.05, 3.63) is 27.9 Å². The van der Waals surface area contributed by atoms with E-state index < -0.39 is 0 Å². The maximum atomic E-state index is 11.1. The Labute approximate surface area is 76.5 Å². The summed E-state index contributed by atoms with van der Waals surface area (Å²) < 4.78 is 1.32. The van der Waals surface area contributed by atoms with Crippen molar-refractivity contribution in [2.24, 2.45) is 7.05 Å². The van der Waals surface area contributed by atoms with Gasteiger partial charge in [0.05, 0.1) is 11.3 Å². The number of nitrogens with zero attached hydrogens (tertiary/aromatic N) is 3. The number of aryl methyl sites for hydroxylation is 2. The molecule has 0 saturated carbocycles. The zero-order chi connectivity index (χ0) is 9.84. The van der Waals surface area contributed by atoms with E-state index in [-0.39, 0.29) is 5.69 Å². The van der Waals surface area contributed by atoms with Crippen LogP contribution in [0.25, 0.3) is 0 Å². The minimum atomic E-state index is -0.303. The van der Waals surface area contributed by atoms with Crippen LogP contribution >= 0.6 is 0 Å². The Hall–Kier alpha value is -1.63. The molecule has 4 heteroatoms. The van der Waals surface area contributed by atoms with E-state index in [1.807, 2.05) is 13.0 Å². The molecule has 0 fully saturated rings. The topological polar surface area (TPSA) is 58.7 Å². The summed E-state index contributed by atoms with van der Waals surface area (Å²) in [7, 11) is 1.59. The van der Waals surface area contributed by atoms with E-state index in [2.05, 4.69) is 4.98 Å². The van der Waals surface area contributed by atoms with Gasteiger partial charge in [0, 0.05) is 13.2 Å². The molecule has 0 spiro atoms. The lowest BCUT2D eigenvalue weighted by molar-refractivity contribution is 0.764. The molecular formula is C9H11N3O. The molecule has 0 aliphatic rings. The van der Waals surface area contributed by atoms with E-state index >= 15 is 0 Å². The summed E-state index contributed by atoms with van der Waals surface area (Å²) in [5.74, 6) is 0. The van der Waals surface area contributed by atoms with Crippen LogP contribution in [0.1, 0.15) is 24.6 Å². The van der Waals surface area contributed by atoms with Crippen molar-refractivity contribution in [1.82, 2.24) is 9.55 Å². The van der Waals surface area contributed by atoms with Gasteiger partial charge >= 0.3 is 5.69 Å². The summed E-state index contributed by atoms with van der Waals surface area (Å²) in [5, 5.41) is 8.76. The normalized spacial score (nSPS) is 9.62. The first-order valence-corrected chi connectivity index (χ1v) is 4.15. The molecule has 0 bridgehead atoms. The fraction of sp³-hybridized carbons (Fsp3) is 0.444. The molecule has 0 N–H and O–H groups in total. The first kappa shape index (κ1) is 9.46. The second-order valence-corrected chi connectivity index (χ2v) is 2.86. The molecule has 1 rings (SSSR count). The van der Waals surface area contributed by atoms with Gasteiger partial charge in [-0.3, -0.25) is 0 Å². The molecule has 1 aromatic rings. The smallest absolute Gasteiger partial charge is 0.301 e. The molecule has 68 valence electrons. The van der Waals surface area contributed by atoms with Crippen LogP contribution < -0.4 is 5.69 Å². The third kappa shape index (κ3) is 1.94. The number of rotatable bonds is 2. The second kappa shape index (κ2) is 3.85. The number of nitriles is 1. The minimum Gasteiger partial charge on any atom is -0.301 e. The quantitative estimate of drug-likeness (QED) is 0.664. The van der Waals surface area contributed by atoms with E-state index in [4.69, 9.17) is 5.26 Å². The van der Waals surface area contributed by atoms with Crippen molar-refractivity contribution < 1.29 is 0 Å². The maximum absolute atomic E-state index is 11.1. The first-order chi connectivity index (χ1) is 6.19. The van der Waals surface area contributed by atoms with Crippen molar-refractivity contribution in [3.63, 3.8) is 0 Å². The Morgan fingerprint density at radius 3 is 2.92 bits per heavy atom. The lowest BCUT2D eigenvalue weighted by Gasteiger charge is -2.01. The molecule has 0 unspecified atom stereocenters. The average Bonchev–Trinajstić information content (AvgIpc) is 2.11. The number of hydrogen-bond donors (Lipinski definition) is 0. The summed E-state index contributed by atoms with van der Waals surface area (Å²) in [5.41, 5.74) is 0.791. The fourth-order valence-corrected chi connectivity index (χ4v) is 1.10. The number of aromatic nitrogens is 2. The highest BCUT2D eigenvalue weighted by atomic mass is 16.1. The summed E-state index contributed by atoms with van der Waals surface area (Å²) >= 11 is 0. The summed E-state index contributed by atoms with van der Waals surface area (Å²) in [6.45, 7) is 1.99. The predicted molar refractivity (Wildman–Crippen MR) is 48.2 cm³/mol. The molecule has 0 saturated heterocycles. The molecule has 0 aliphatic heterocycles. The molecule has 1 heterocycles. The minimum absolute atomic E-state index is 0.303. The Morgan fingerprint density at radius 1 is 1.69 bits per heavy atom. The van der Waals surface area contributed by atoms with Crippen LogP contribution in [-0.2, 0) is 13.5 Å². The van der Waals surface area contributed by atoms with Crippen LogP contribution in [0.15, 0.2) is 11.0 Å². The average molecular weight is 177 g/mol. The van der Waals surface area contributed by atoms with E-state index in [1.54, 1.807) is 7.05 Å². The van der Waals surface area contributed by atoms with Crippen molar-refractivity contribution in [3.8, 4) is 6.07 Å². The van der Waals surface area contributed by atoms with Gasteiger partial charge in [-0.25, -0.2) is 4.79 Å². The molecule has 0 atom stereocenters. The summed E-state index contributed by atoms with van der Waals surface area (Å²) in [6.07, 6.45) is 3.09. The lowest BCUT2D eigenvalue weighted by Crippen LogP contribution is -2.22. The van der Waals surface area contributed by atoms with E-state index in [1.165, 1.54) is 10.8 Å². The van der Waals surface area contributed by atoms with Crippen LogP contribution in [0.2, 0.25) is 0 Å². The maximum Gasteiger partial charge on any atom is 0.347 e. The summed E-state index contributed by atoms with van der Waals surface area (Å²) in [4.78, 5) is 14.9. The van der Waals surface area contributed by atoms with Crippen LogP contribution in [-0.4, -0.2) is 9.55 Å². The molecule has 0 aliphatic carbocycles. The van der Waals surface area contributed by atoms with Crippen LogP contribution in [0, 0.1) is 11.3 Å². The highest BCUT2D eigenvalue weighted by Gasteiger charge is 2.04. The molecule has 13 heavy (non-hydrogen) atoms. The van der Waals surface area contributed by atoms with Gasteiger partial charge in [-0.2, -0.15) is 10.2 Å². The van der Waals surface area contributed by atoms with Gasteiger partial charge in [-0.05, 0) is 6.42 Å². The second-order valence-electron chi connectivity index (χ2n) is 2.86. The van der Waals surface area contributed by atoms with Crippen LogP contribution in [0.4, 0.5) is 0 Å². The van der Waals surface area contributed by atoms with E-state index in [9.17, 15) is 4.79 Å². The van der Waals surface area contributed by atoms with E-state index in [0.717, 1.165) is 6.42 Å². The largest absolute Gasteiger partial charge is 0.347 e. The van der Waals surface area contributed by atoms with Crippen molar-refractivity contribution in [2.75, 3.05) is 0 Å². The third-order valence-corrected chi connectivity index (χ3v) is 1.77. The van der Waals surface area contributed by atoms with Crippen LogP contribution in [0.5, 0.6) is 0 Å². The van der Waals surface area contributed by atoms with E-state index in [0.29, 0.717) is 17.7 Å². The highest BCUT2D eigenvalue weighted by molar-refractivity contribution is 5.30. The van der Waals surface area contributed by atoms with Gasteiger partial charge in [0.25, 0.3) is 0 Å². The van der Waals surface area contributed by atoms with Gasteiger partial charge < -0.3 is 4.57 Å². The van der Waals surface area contributed by atoms with Crippen LogP contribution in [0.3, 0.4) is 0 Å². The highest BCUT2D eigenvalue weighted by Crippen LogP contribution is 2.03.